The first-order chi connectivity index (χ1) is 7.90. The smallest absolute Gasteiger partial charge is 0.408 e. The molecule has 0 bridgehead atoms. The fraction of sp³-hybridized carbons (Fsp3) is 0.364. The third-order valence-corrected chi connectivity index (χ3v) is 2.55. The Morgan fingerprint density at radius 3 is 2.72 bits per heavy atom. The van der Waals surface area contributed by atoms with E-state index in [9.17, 15) is 18.0 Å². The molecule has 1 aromatic rings. The second kappa shape index (κ2) is 5.06. The summed E-state index contributed by atoms with van der Waals surface area (Å²) >= 11 is 0. The molecule has 1 aliphatic rings. The van der Waals surface area contributed by atoms with E-state index in [1.807, 2.05) is 5.32 Å². The van der Waals surface area contributed by atoms with E-state index in [2.05, 4.69) is 4.74 Å². The minimum Gasteiger partial charge on any atom is -0.443 e. The Kier molecular flexibility index (Phi) is 4.11. The molecular formula is C11H11ClF3NO2. The van der Waals surface area contributed by atoms with Gasteiger partial charge in [-0.15, -0.1) is 12.4 Å². The Morgan fingerprint density at radius 1 is 1.44 bits per heavy atom. The minimum atomic E-state index is -3.33. The molecule has 2 rings (SSSR count). The van der Waals surface area contributed by atoms with Crippen molar-refractivity contribution in [3.63, 3.8) is 0 Å². The van der Waals surface area contributed by atoms with Gasteiger partial charge in [-0.2, -0.15) is 0 Å². The molecule has 0 aromatic heterocycles. The van der Waals surface area contributed by atoms with E-state index in [0.29, 0.717) is 5.56 Å². The number of carbonyl (C=O) groups is 1. The molecule has 0 unspecified atom stereocenters. The molecule has 1 aromatic carbocycles. The summed E-state index contributed by atoms with van der Waals surface area (Å²) in [4.78, 5) is 10.9. The maximum atomic E-state index is 13.6. The van der Waals surface area contributed by atoms with Gasteiger partial charge in [0.1, 0.15) is 11.9 Å². The monoisotopic (exact) mass is 281 g/mol. The van der Waals surface area contributed by atoms with Crippen molar-refractivity contribution in [3.05, 3.63) is 35.1 Å². The van der Waals surface area contributed by atoms with Crippen molar-refractivity contribution in [3.8, 4) is 0 Å². The SMILES string of the molecule is Cc1ccc([C@@H]2NC(=O)OCC2(F)F)c(F)c1.Cl. The van der Waals surface area contributed by atoms with E-state index >= 15 is 0 Å². The number of cyclic esters (lactones) is 1. The molecule has 0 saturated carbocycles. The Bertz CT molecular complexity index is 468. The second-order valence-electron chi connectivity index (χ2n) is 3.94. The molecule has 1 N–H and O–H groups in total. The molecule has 7 heteroatoms. The van der Waals surface area contributed by atoms with Crippen LogP contribution in [-0.2, 0) is 4.74 Å². The van der Waals surface area contributed by atoms with Crippen molar-refractivity contribution in [2.75, 3.05) is 6.61 Å². The quantitative estimate of drug-likeness (QED) is 0.859. The Labute approximate surface area is 108 Å². The molecular weight excluding hydrogens is 271 g/mol. The van der Waals surface area contributed by atoms with Crippen molar-refractivity contribution >= 4 is 18.5 Å². The lowest BCUT2D eigenvalue weighted by molar-refractivity contribution is -0.105. The largest absolute Gasteiger partial charge is 0.443 e. The van der Waals surface area contributed by atoms with Crippen LogP contribution in [0.15, 0.2) is 18.2 Å². The van der Waals surface area contributed by atoms with Gasteiger partial charge in [-0.05, 0) is 18.6 Å². The highest BCUT2D eigenvalue weighted by Crippen LogP contribution is 2.35. The number of alkyl halides is 2. The summed E-state index contributed by atoms with van der Waals surface area (Å²) in [5.41, 5.74) is 0.380. The topological polar surface area (TPSA) is 38.3 Å². The molecule has 3 nitrogen and oxygen atoms in total. The maximum absolute atomic E-state index is 13.6. The number of hydrogen-bond donors (Lipinski definition) is 1. The number of alkyl carbamates (subject to hydrolysis) is 1. The fourth-order valence-corrected chi connectivity index (χ4v) is 1.68. The lowest BCUT2D eigenvalue weighted by Gasteiger charge is -2.32. The number of benzene rings is 1. The van der Waals surface area contributed by atoms with Gasteiger partial charge in [-0.25, -0.2) is 18.0 Å². The zero-order valence-corrected chi connectivity index (χ0v) is 10.2. The number of amides is 1. The van der Waals surface area contributed by atoms with Gasteiger partial charge in [0.15, 0.2) is 6.61 Å². The van der Waals surface area contributed by atoms with Crippen LogP contribution in [0, 0.1) is 12.7 Å². The van der Waals surface area contributed by atoms with Crippen LogP contribution in [0.2, 0.25) is 0 Å². The van der Waals surface area contributed by atoms with Gasteiger partial charge in [-0.1, -0.05) is 12.1 Å². The van der Waals surface area contributed by atoms with Crippen LogP contribution in [-0.4, -0.2) is 18.6 Å². The first kappa shape index (κ1) is 14.6. The fourth-order valence-electron chi connectivity index (χ4n) is 1.68. The number of ether oxygens (including phenoxy) is 1. The van der Waals surface area contributed by atoms with Gasteiger partial charge in [0.05, 0.1) is 0 Å². The van der Waals surface area contributed by atoms with Gasteiger partial charge < -0.3 is 10.1 Å². The van der Waals surface area contributed by atoms with Crippen LogP contribution >= 0.6 is 12.4 Å². The third-order valence-electron chi connectivity index (χ3n) is 2.55. The zero-order valence-electron chi connectivity index (χ0n) is 9.38. The molecule has 0 spiro atoms. The number of hydrogen-bond acceptors (Lipinski definition) is 2. The summed E-state index contributed by atoms with van der Waals surface area (Å²) in [6, 6.07) is 2.21. The predicted molar refractivity (Wildman–Crippen MR) is 60.6 cm³/mol. The lowest BCUT2D eigenvalue weighted by atomic mass is 9.98. The highest BCUT2D eigenvalue weighted by atomic mass is 35.5. The average Bonchev–Trinajstić information content (AvgIpc) is 2.23. The molecule has 1 amide bonds. The molecule has 1 saturated heterocycles. The summed E-state index contributed by atoms with van der Waals surface area (Å²) in [6.45, 7) is 0.602. The second-order valence-corrected chi connectivity index (χ2v) is 3.94. The van der Waals surface area contributed by atoms with E-state index in [-0.39, 0.29) is 18.0 Å². The van der Waals surface area contributed by atoms with E-state index in [4.69, 9.17) is 0 Å². The molecule has 1 atom stereocenters. The highest BCUT2D eigenvalue weighted by molar-refractivity contribution is 5.85. The minimum absolute atomic E-state index is 0. The molecule has 1 heterocycles. The first-order valence-corrected chi connectivity index (χ1v) is 4.97. The van der Waals surface area contributed by atoms with Crippen LogP contribution in [0.1, 0.15) is 17.2 Å². The summed E-state index contributed by atoms with van der Waals surface area (Å²) in [7, 11) is 0. The molecule has 18 heavy (non-hydrogen) atoms. The number of halogens is 4. The summed E-state index contributed by atoms with van der Waals surface area (Å²) < 4.78 is 44.8. The number of rotatable bonds is 1. The summed E-state index contributed by atoms with van der Waals surface area (Å²) in [5.74, 6) is -4.10. The third kappa shape index (κ3) is 2.69. The maximum Gasteiger partial charge on any atom is 0.408 e. The first-order valence-electron chi connectivity index (χ1n) is 4.97. The van der Waals surface area contributed by atoms with Gasteiger partial charge in [0, 0.05) is 5.56 Å². The van der Waals surface area contributed by atoms with Gasteiger partial charge in [0.25, 0.3) is 0 Å². The van der Waals surface area contributed by atoms with Gasteiger partial charge >= 0.3 is 12.0 Å². The molecule has 1 fully saturated rings. The molecule has 1 aliphatic heterocycles. The van der Waals surface area contributed by atoms with E-state index < -0.39 is 30.5 Å². The summed E-state index contributed by atoms with van der Waals surface area (Å²) in [6.07, 6.45) is -0.971. The zero-order chi connectivity index (χ0) is 12.6. The Hall–Kier alpha value is -1.43. The molecule has 0 aliphatic carbocycles. The number of carbonyl (C=O) groups excluding carboxylic acids is 1. The van der Waals surface area contributed by atoms with E-state index in [1.165, 1.54) is 12.1 Å². The van der Waals surface area contributed by atoms with Crippen molar-refractivity contribution in [1.29, 1.82) is 0 Å². The van der Waals surface area contributed by atoms with Crippen LogP contribution in [0.3, 0.4) is 0 Å². The van der Waals surface area contributed by atoms with Crippen LogP contribution in [0.4, 0.5) is 18.0 Å². The predicted octanol–water partition coefficient (Wildman–Crippen LogP) is 2.97. The summed E-state index contributed by atoms with van der Waals surface area (Å²) in [5, 5.41) is 1.93. The lowest BCUT2D eigenvalue weighted by Crippen LogP contribution is -2.49. The van der Waals surface area contributed by atoms with E-state index in [0.717, 1.165) is 6.07 Å². The standard InChI is InChI=1S/C11H10F3NO2.ClH/c1-6-2-3-7(8(12)4-6)9-11(13,14)5-17-10(16)15-9;/h2-4,9H,5H2,1H3,(H,15,16);1H/t9-;/m0./s1. The Balaban J connectivity index is 0.00000162. The van der Waals surface area contributed by atoms with Crippen LogP contribution in [0.25, 0.3) is 0 Å². The van der Waals surface area contributed by atoms with Crippen molar-refractivity contribution in [2.24, 2.45) is 0 Å². The van der Waals surface area contributed by atoms with Crippen molar-refractivity contribution in [1.82, 2.24) is 5.32 Å². The van der Waals surface area contributed by atoms with Crippen molar-refractivity contribution < 1.29 is 22.7 Å². The Morgan fingerprint density at radius 2 is 2.11 bits per heavy atom. The number of aryl methyl sites for hydroxylation is 1. The molecule has 100 valence electrons. The number of nitrogens with one attached hydrogen (secondary N) is 1. The van der Waals surface area contributed by atoms with Crippen LogP contribution < -0.4 is 5.32 Å². The van der Waals surface area contributed by atoms with Gasteiger partial charge in [-0.3, -0.25) is 0 Å². The molecule has 0 radical (unpaired) electrons. The normalized spacial score (nSPS) is 21.6. The average molecular weight is 282 g/mol. The van der Waals surface area contributed by atoms with Crippen molar-refractivity contribution in [2.45, 2.75) is 18.9 Å². The van der Waals surface area contributed by atoms with Crippen LogP contribution in [0.5, 0.6) is 0 Å². The van der Waals surface area contributed by atoms with Gasteiger partial charge in [0.2, 0.25) is 0 Å². The highest BCUT2D eigenvalue weighted by Gasteiger charge is 2.47. The van der Waals surface area contributed by atoms with E-state index in [1.54, 1.807) is 6.92 Å².